The first kappa shape index (κ1) is 10.5. The zero-order valence-corrected chi connectivity index (χ0v) is 9.41. The lowest BCUT2D eigenvalue weighted by molar-refractivity contribution is 0.474. The molecule has 0 saturated carbocycles. The summed E-state index contributed by atoms with van der Waals surface area (Å²) in [4.78, 5) is 8.39. The highest BCUT2D eigenvalue weighted by Gasteiger charge is 2.03. The second-order valence-electron chi connectivity index (χ2n) is 3.76. The average Bonchev–Trinajstić information content (AvgIpc) is 2.81. The first-order valence-corrected chi connectivity index (χ1v) is 5.46. The quantitative estimate of drug-likeness (QED) is 0.673. The number of phenols is 1. The molecule has 5 heteroatoms. The molecule has 3 aromatic rings. The number of aliphatic imine (C=N–C) groups is 1. The Morgan fingerprint density at radius 2 is 2.06 bits per heavy atom. The average molecular weight is 238 g/mol. The van der Waals surface area contributed by atoms with E-state index < -0.39 is 0 Å². The Morgan fingerprint density at radius 1 is 1.17 bits per heavy atom. The standard InChI is InChI=1S/C13H10N4O/c18-11-6-2-1-4-9(11)8-15-13-10-5-3-7-14-12(10)16-17-13/h1-8,18H,(H,14,16,17). The molecule has 0 unspecified atom stereocenters. The van der Waals surface area contributed by atoms with Crippen LogP contribution in [0.3, 0.4) is 0 Å². The molecule has 0 amide bonds. The zero-order chi connectivity index (χ0) is 12.4. The Kier molecular flexibility index (Phi) is 2.49. The molecule has 0 spiro atoms. The third-order valence-electron chi connectivity index (χ3n) is 2.58. The number of para-hydroxylation sites is 1. The Bertz CT molecular complexity index is 718. The summed E-state index contributed by atoms with van der Waals surface area (Å²) in [5, 5.41) is 17.3. The molecule has 0 saturated heterocycles. The van der Waals surface area contributed by atoms with Crippen molar-refractivity contribution in [1.82, 2.24) is 15.2 Å². The first-order chi connectivity index (χ1) is 8.84. The number of phenolic OH excluding ortho intramolecular Hbond substituents is 1. The summed E-state index contributed by atoms with van der Waals surface area (Å²) < 4.78 is 0. The summed E-state index contributed by atoms with van der Waals surface area (Å²) in [7, 11) is 0. The van der Waals surface area contributed by atoms with Gasteiger partial charge in [0.2, 0.25) is 0 Å². The van der Waals surface area contributed by atoms with Crippen molar-refractivity contribution < 1.29 is 5.11 Å². The van der Waals surface area contributed by atoms with Gasteiger partial charge in [0.25, 0.3) is 0 Å². The highest BCUT2D eigenvalue weighted by atomic mass is 16.3. The molecule has 2 heterocycles. The topological polar surface area (TPSA) is 74.2 Å². The van der Waals surface area contributed by atoms with Crippen molar-refractivity contribution in [2.24, 2.45) is 4.99 Å². The molecule has 0 radical (unpaired) electrons. The molecule has 0 bridgehead atoms. The number of aromatic nitrogens is 3. The van der Waals surface area contributed by atoms with Crippen molar-refractivity contribution in [2.75, 3.05) is 0 Å². The Labute approximate surface area is 103 Å². The molecule has 1 aromatic carbocycles. The zero-order valence-electron chi connectivity index (χ0n) is 9.41. The molecule has 0 aliphatic carbocycles. The fourth-order valence-corrected chi connectivity index (χ4v) is 1.67. The maximum atomic E-state index is 9.62. The third kappa shape index (κ3) is 1.82. The van der Waals surface area contributed by atoms with Crippen molar-refractivity contribution in [3.8, 4) is 5.75 Å². The van der Waals surface area contributed by atoms with Gasteiger partial charge in [0.1, 0.15) is 5.75 Å². The summed E-state index contributed by atoms with van der Waals surface area (Å²) in [5.41, 5.74) is 1.35. The fraction of sp³-hybridized carbons (Fsp3) is 0. The van der Waals surface area contributed by atoms with Gasteiger partial charge in [-0.2, -0.15) is 5.10 Å². The van der Waals surface area contributed by atoms with E-state index in [1.165, 1.54) is 0 Å². The third-order valence-corrected chi connectivity index (χ3v) is 2.58. The smallest absolute Gasteiger partial charge is 0.183 e. The number of nitrogens with one attached hydrogen (secondary N) is 1. The predicted molar refractivity (Wildman–Crippen MR) is 69.2 cm³/mol. The van der Waals surface area contributed by atoms with E-state index in [4.69, 9.17) is 0 Å². The minimum atomic E-state index is 0.194. The van der Waals surface area contributed by atoms with Gasteiger partial charge < -0.3 is 5.11 Å². The maximum Gasteiger partial charge on any atom is 0.183 e. The van der Waals surface area contributed by atoms with Gasteiger partial charge in [-0.3, -0.25) is 5.10 Å². The Hall–Kier alpha value is -2.69. The summed E-state index contributed by atoms with van der Waals surface area (Å²) in [5.74, 6) is 0.751. The minimum absolute atomic E-state index is 0.194. The lowest BCUT2D eigenvalue weighted by atomic mass is 10.2. The number of pyridine rings is 1. The van der Waals surface area contributed by atoms with E-state index in [2.05, 4.69) is 20.2 Å². The van der Waals surface area contributed by atoms with Crippen molar-refractivity contribution in [2.45, 2.75) is 0 Å². The number of hydrogen-bond acceptors (Lipinski definition) is 4. The van der Waals surface area contributed by atoms with Gasteiger partial charge in [0.15, 0.2) is 11.5 Å². The maximum absolute atomic E-state index is 9.62. The van der Waals surface area contributed by atoms with Crippen molar-refractivity contribution in [3.05, 3.63) is 48.2 Å². The summed E-state index contributed by atoms with van der Waals surface area (Å²) >= 11 is 0. The van der Waals surface area contributed by atoms with E-state index in [1.807, 2.05) is 18.2 Å². The molecular weight excluding hydrogens is 228 g/mol. The van der Waals surface area contributed by atoms with Gasteiger partial charge in [-0.25, -0.2) is 9.98 Å². The van der Waals surface area contributed by atoms with Gasteiger partial charge >= 0.3 is 0 Å². The largest absolute Gasteiger partial charge is 0.507 e. The number of rotatable bonds is 2. The molecule has 18 heavy (non-hydrogen) atoms. The number of hydrogen-bond donors (Lipinski definition) is 2. The van der Waals surface area contributed by atoms with Crippen LogP contribution in [0, 0.1) is 0 Å². The minimum Gasteiger partial charge on any atom is -0.507 e. The van der Waals surface area contributed by atoms with Crippen LogP contribution in [0.15, 0.2) is 47.6 Å². The van der Waals surface area contributed by atoms with E-state index in [0.29, 0.717) is 17.0 Å². The highest BCUT2D eigenvalue weighted by molar-refractivity contribution is 5.91. The van der Waals surface area contributed by atoms with E-state index in [1.54, 1.807) is 30.6 Å². The molecule has 0 fully saturated rings. The fourth-order valence-electron chi connectivity index (χ4n) is 1.67. The number of nitrogens with zero attached hydrogens (tertiary/aromatic N) is 3. The normalized spacial score (nSPS) is 11.3. The van der Waals surface area contributed by atoms with Crippen molar-refractivity contribution in [3.63, 3.8) is 0 Å². The number of H-pyrrole nitrogens is 1. The van der Waals surface area contributed by atoms with Gasteiger partial charge in [0.05, 0.1) is 5.39 Å². The molecule has 2 N–H and O–H groups in total. The monoisotopic (exact) mass is 238 g/mol. The van der Waals surface area contributed by atoms with Crippen LogP contribution in [0.5, 0.6) is 5.75 Å². The first-order valence-electron chi connectivity index (χ1n) is 5.46. The summed E-state index contributed by atoms with van der Waals surface area (Å²) in [6.45, 7) is 0. The molecule has 5 nitrogen and oxygen atoms in total. The van der Waals surface area contributed by atoms with Gasteiger partial charge in [-0.1, -0.05) is 12.1 Å². The molecule has 0 aliphatic rings. The molecular formula is C13H10N4O. The number of benzene rings is 1. The van der Waals surface area contributed by atoms with Crippen LogP contribution in [0.2, 0.25) is 0 Å². The Balaban J connectivity index is 2.00. The molecule has 0 aliphatic heterocycles. The van der Waals surface area contributed by atoms with Crippen LogP contribution >= 0.6 is 0 Å². The van der Waals surface area contributed by atoms with Gasteiger partial charge in [-0.05, 0) is 24.3 Å². The van der Waals surface area contributed by atoms with Crippen LogP contribution in [0.4, 0.5) is 5.82 Å². The van der Waals surface area contributed by atoms with E-state index >= 15 is 0 Å². The van der Waals surface area contributed by atoms with Crippen molar-refractivity contribution >= 4 is 23.1 Å². The van der Waals surface area contributed by atoms with Crippen LogP contribution in [0.25, 0.3) is 11.0 Å². The van der Waals surface area contributed by atoms with Crippen LogP contribution in [-0.4, -0.2) is 26.5 Å². The molecule has 3 rings (SSSR count). The summed E-state index contributed by atoms with van der Waals surface area (Å²) in [6, 6.07) is 10.7. The van der Waals surface area contributed by atoms with E-state index in [9.17, 15) is 5.11 Å². The second kappa shape index (κ2) is 4.29. The number of fused-ring (bicyclic) bond motifs is 1. The lowest BCUT2D eigenvalue weighted by Gasteiger charge is -1.95. The number of aromatic amines is 1. The van der Waals surface area contributed by atoms with Crippen molar-refractivity contribution in [1.29, 1.82) is 0 Å². The molecule has 0 atom stereocenters. The van der Waals surface area contributed by atoms with Crippen LogP contribution in [-0.2, 0) is 0 Å². The van der Waals surface area contributed by atoms with Gasteiger partial charge in [0, 0.05) is 18.0 Å². The number of aromatic hydroxyl groups is 1. The lowest BCUT2D eigenvalue weighted by Crippen LogP contribution is -1.80. The van der Waals surface area contributed by atoms with Crippen LogP contribution < -0.4 is 0 Å². The second-order valence-corrected chi connectivity index (χ2v) is 3.76. The highest BCUT2D eigenvalue weighted by Crippen LogP contribution is 2.21. The molecule has 2 aromatic heterocycles. The van der Waals surface area contributed by atoms with E-state index in [-0.39, 0.29) is 5.75 Å². The Morgan fingerprint density at radius 3 is 2.94 bits per heavy atom. The molecule has 88 valence electrons. The van der Waals surface area contributed by atoms with Crippen LogP contribution in [0.1, 0.15) is 5.56 Å². The van der Waals surface area contributed by atoms with Gasteiger partial charge in [-0.15, -0.1) is 0 Å². The summed E-state index contributed by atoms with van der Waals surface area (Å²) in [6.07, 6.45) is 3.27. The SMILES string of the molecule is Oc1ccccc1C=Nc1n[nH]c2ncccc12. The predicted octanol–water partition coefficient (Wildman–Crippen LogP) is 2.41. The van der Waals surface area contributed by atoms with E-state index in [0.717, 1.165) is 5.39 Å².